The smallest absolute Gasteiger partial charge is 0.261 e. The Morgan fingerprint density at radius 2 is 1.68 bits per heavy atom. The summed E-state index contributed by atoms with van der Waals surface area (Å²) >= 11 is 8.22. The first-order valence-electron chi connectivity index (χ1n) is 13.8. The van der Waals surface area contributed by atoms with Crippen LogP contribution in [0.15, 0.2) is 47.5 Å². The Bertz CT molecular complexity index is 1460. The van der Waals surface area contributed by atoms with E-state index in [4.69, 9.17) is 16.3 Å². The molecule has 1 aromatic heterocycles. The van der Waals surface area contributed by atoms with Gasteiger partial charge in [-0.15, -0.1) is 11.8 Å². The average molecular weight is 595 g/mol. The molecule has 11 heteroatoms. The van der Waals surface area contributed by atoms with Crippen LogP contribution in [0.3, 0.4) is 0 Å². The van der Waals surface area contributed by atoms with Gasteiger partial charge in [-0.2, -0.15) is 4.98 Å². The van der Waals surface area contributed by atoms with Crippen LogP contribution in [0.4, 0.5) is 23.1 Å². The van der Waals surface area contributed by atoms with Crippen molar-refractivity contribution in [2.45, 2.75) is 62.8 Å². The molecule has 0 radical (unpaired) electrons. The summed E-state index contributed by atoms with van der Waals surface area (Å²) in [5.74, 6) is 0.595. The molecule has 3 heterocycles. The number of piperidine rings is 1. The van der Waals surface area contributed by atoms with E-state index in [1.54, 1.807) is 23.9 Å². The number of likely N-dealkylation sites (tertiary alicyclic amines) is 1. The summed E-state index contributed by atoms with van der Waals surface area (Å²) in [6.45, 7) is 9.78. The quantitative estimate of drug-likeness (QED) is 0.210. The van der Waals surface area contributed by atoms with Crippen molar-refractivity contribution in [1.29, 1.82) is 0 Å². The normalized spacial score (nSPS) is 16.0. The van der Waals surface area contributed by atoms with Gasteiger partial charge in [-0.1, -0.05) is 37.6 Å². The third-order valence-electron chi connectivity index (χ3n) is 6.93. The van der Waals surface area contributed by atoms with Gasteiger partial charge in [0.05, 0.1) is 34.8 Å². The molecule has 5 rings (SSSR count). The van der Waals surface area contributed by atoms with Crippen molar-refractivity contribution >= 4 is 58.3 Å². The van der Waals surface area contributed by atoms with Gasteiger partial charge in [0.1, 0.15) is 10.8 Å². The first kappa shape index (κ1) is 29.2. The number of fused-ring (bicyclic) bond motifs is 1. The number of ether oxygens (including phenoxy) is 1. The molecule has 2 N–H and O–H groups in total. The maximum atomic E-state index is 13.5. The molecule has 216 valence electrons. The fourth-order valence-corrected chi connectivity index (χ4v) is 6.06. The summed E-state index contributed by atoms with van der Waals surface area (Å²) in [6.07, 6.45) is 2.87. The largest absolute Gasteiger partial charge is 0.489 e. The number of nitrogens with one attached hydrogen (secondary N) is 2. The molecule has 9 nitrogen and oxygen atoms in total. The van der Waals surface area contributed by atoms with Gasteiger partial charge in [-0.05, 0) is 71.1 Å². The molecular weight excluding hydrogens is 560 g/mol. The predicted octanol–water partition coefficient (Wildman–Crippen LogP) is 6.60. The molecule has 3 aromatic rings. The molecule has 1 saturated heterocycles. The fraction of sp³-hybridized carbons (Fsp3) is 0.400. The first-order valence-corrected chi connectivity index (χ1v) is 15.1. The number of thioether (sulfide) groups is 1. The molecule has 1 fully saturated rings. The Labute approximate surface area is 250 Å². The van der Waals surface area contributed by atoms with E-state index in [-0.39, 0.29) is 29.9 Å². The number of hydrogen-bond donors (Lipinski definition) is 2. The number of imide groups is 1. The minimum Gasteiger partial charge on any atom is -0.489 e. The number of carbonyl (C=O) groups excluding carboxylic acids is 2. The third-order valence-corrected chi connectivity index (χ3v) is 8.29. The van der Waals surface area contributed by atoms with E-state index in [1.807, 2.05) is 32.0 Å². The van der Waals surface area contributed by atoms with Crippen molar-refractivity contribution in [2.75, 3.05) is 30.8 Å². The summed E-state index contributed by atoms with van der Waals surface area (Å²) in [5, 5.41) is 7.30. The molecule has 0 aliphatic carbocycles. The fourth-order valence-electron chi connectivity index (χ4n) is 5.01. The van der Waals surface area contributed by atoms with Crippen LogP contribution < -0.4 is 15.4 Å². The van der Waals surface area contributed by atoms with Gasteiger partial charge < -0.3 is 20.3 Å². The maximum Gasteiger partial charge on any atom is 0.261 e. The first-order chi connectivity index (χ1) is 19.6. The van der Waals surface area contributed by atoms with E-state index in [2.05, 4.69) is 52.5 Å². The number of carbonyl (C=O) groups is 2. The lowest BCUT2D eigenvalue weighted by molar-refractivity contribution is 0.0516. The van der Waals surface area contributed by atoms with Crippen molar-refractivity contribution in [3.63, 3.8) is 0 Å². The number of amides is 2. The Morgan fingerprint density at radius 3 is 2.37 bits per heavy atom. The zero-order valence-electron chi connectivity index (χ0n) is 23.9. The average Bonchev–Trinajstić information content (AvgIpc) is 3.16. The lowest BCUT2D eigenvalue weighted by atomic mass is 10.0. The van der Waals surface area contributed by atoms with Crippen molar-refractivity contribution < 1.29 is 14.3 Å². The Hall–Kier alpha value is -3.34. The highest BCUT2D eigenvalue weighted by Crippen LogP contribution is 2.38. The van der Waals surface area contributed by atoms with Gasteiger partial charge in [0.2, 0.25) is 5.95 Å². The summed E-state index contributed by atoms with van der Waals surface area (Å²) in [7, 11) is 2.05. The van der Waals surface area contributed by atoms with Crippen molar-refractivity contribution in [2.24, 2.45) is 0 Å². The van der Waals surface area contributed by atoms with Crippen molar-refractivity contribution in [3.05, 3.63) is 58.7 Å². The molecule has 2 aromatic carbocycles. The molecule has 0 atom stereocenters. The van der Waals surface area contributed by atoms with Gasteiger partial charge in [-0.25, -0.2) is 4.98 Å². The van der Waals surface area contributed by atoms with E-state index < -0.39 is 0 Å². The van der Waals surface area contributed by atoms with Gasteiger partial charge in [-0.3, -0.25) is 14.5 Å². The Kier molecular flexibility index (Phi) is 8.72. The summed E-state index contributed by atoms with van der Waals surface area (Å²) in [5.41, 5.74) is 2.08. The third kappa shape index (κ3) is 6.45. The zero-order valence-corrected chi connectivity index (χ0v) is 25.5. The molecular formula is C30H35ClN6O3S. The van der Waals surface area contributed by atoms with Gasteiger partial charge >= 0.3 is 0 Å². The van der Waals surface area contributed by atoms with Crippen LogP contribution in [0.1, 0.15) is 61.3 Å². The lowest BCUT2D eigenvalue weighted by Gasteiger charge is -2.33. The van der Waals surface area contributed by atoms with E-state index >= 15 is 0 Å². The van der Waals surface area contributed by atoms with Crippen LogP contribution in [-0.2, 0) is 0 Å². The second kappa shape index (κ2) is 12.3. The predicted molar refractivity (Wildman–Crippen MR) is 164 cm³/mol. The Morgan fingerprint density at radius 1 is 1.00 bits per heavy atom. The van der Waals surface area contributed by atoms with Crippen molar-refractivity contribution in [3.8, 4) is 5.75 Å². The number of benzene rings is 2. The highest BCUT2D eigenvalue weighted by atomic mass is 35.5. The van der Waals surface area contributed by atoms with Gasteiger partial charge in [0.15, 0.2) is 5.82 Å². The highest BCUT2D eigenvalue weighted by Gasteiger charge is 2.41. The van der Waals surface area contributed by atoms with Crippen LogP contribution in [0, 0.1) is 0 Å². The molecule has 2 aliphatic heterocycles. The number of rotatable bonds is 9. The zero-order chi connectivity index (χ0) is 29.3. The monoisotopic (exact) mass is 594 g/mol. The second-order valence-electron chi connectivity index (χ2n) is 10.9. The van der Waals surface area contributed by atoms with E-state index in [0.717, 1.165) is 36.5 Å². The number of nitrogens with zero attached hydrogens (tertiary/aromatic N) is 4. The number of aromatic nitrogens is 2. The minimum absolute atomic E-state index is 0.116. The van der Waals surface area contributed by atoms with Crippen molar-refractivity contribution in [1.82, 2.24) is 19.8 Å². The van der Waals surface area contributed by atoms with Crippen LogP contribution in [0.25, 0.3) is 0 Å². The summed E-state index contributed by atoms with van der Waals surface area (Å²) in [6, 6.07) is 11.2. The molecule has 0 saturated carbocycles. The number of hydrogen-bond acceptors (Lipinski definition) is 9. The standard InChI is InChI=1S/C30H35ClN6O3S/c1-17(2)40-25-15-21-20(28(38)37(29(21)39)19-10-12-36(5)13-11-19)14-24(25)34-30-32-16-22(31)27(35-30)33-23-8-6-7-9-26(23)41-18(3)4/h6-9,14-19H,10-13H2,1-5H3,(H2,32,33,34,35). The van der Waals surface area contributed by atoms with E-state index in [0.29, 0.717) is 38.7 Å². The van der Waals surface area contributed by atoms with Gasteiger partial charge in [0.25, 0.3) is 11.8 Å². The molecule has 0 spiro atoms. The molecule has 0 bridgehead atoms. The van der Waals surface area contributed by atoms with E-state index in [9.17, 15) is 9.59 Å². The van der Waals surface area contributed by atoms with Crippen LogP contribution >= 0.6 is 23.4 Å². The maximum absolute atomic E-state index is 13.5. The van der Waals surface area contributed by atoms with E-state index in [1.165, 1.54) is 11.1 Å². The minimum atomic E-state index is -0.280. The van der Waals surface area contributed by atoms with Crippen LogP contribution in [0.5, 0.6) is 5.75 Å². The number of anilines is 4. The van der Waals surface area contributed by atoms with Crippen LogP contribution in [0.2, 0.25) is 5.02 Å². The SMILES string of the molecule is CC(C)Oc1cc2c(cc1Nc1ncc(Cl)c(Nc3ccccc3SC(C)C)n1)C(=O)N(C1CCN(C)CC1)C2=O. The molecule has 41 heavy (non-hydrogen) atoms. The summed E-state index contributed by atoms with van der Waals surface area (Å²) in [4.78, 5) is 40.6. The molecule has 2 amide bonds. The molecule has 0 unspecified atom stereocenters. The lowest BCUT2D eigenvalue weighted by Crippen LogP contribution is -2.46. The van der Waals surface area contributed by atoms with Crippen LogP contribution in [-0.4, -0.2) is 69.1 Å². The Balaban J connectivity index is 1.45. The molecule has 2 aliphatic rings. The topological polar surface area (TPSA) is 99.7 Å². The number of halogens is 1. The summed E-state index contributed by atoms with van der Waals surface area (Å²) < 4.78 is 6.07. The highest BCUT2D eigenvalue weighted by molar-refractivity contribution is 8.00. The van der Waals surface area contributed by atoms with Gasteiger partial charge in [0, 0.05) is 16.2 Å². The number of para-hydroxylation sites is 1. The second-order valence-corrected chi connectivity index (χ2v) is 12.9.